The van der Waals surface area contributed by atoms with E-state index in [2.05, 4.69) is 19.9 Å². The maximum Gasteiger partial charge on any atom is 0.186 e. The number of aliphatic hydroxyl groups excluding tert-OH is 5. The van der Waals surface area contributed by atoms with E-state index in [0.29, 0.717) is 5.92 Å². The number of carbonyl (C=O) groups is 1. The molecule has 1 unspecified atom stereocenters. The third kappa shape index (κ3) is 4.57. The Morgan fingerprint density at radius 2 is 1.76 bits per heavy atom. The minimum atomic E-state index is -1.74. The highest BCUT2D eigenvalue weighted by molar-refractivity contribution is 5.86. The summed E-state index contributed by atoms with van der Waals surface area (Å²) in [6.07, 6.45) is -0.926. The molecule has 7 rings (SSSR count). The molecule has 3 aliphatic heterocycles. The minimum absolute atomic E-state index is 0.0115. The Hall–Kier alpha value is -1.25. The molecule has 1 saturated carbocycles. The number of carbonyl (C=O) groups excluding carboxylic acids is 1. The van der Waals surface area contributed by atoms with Gasteiger partial charge in [0.15, 0.2) is 24.0 Å². The lowest BCUT2D eigenvalue weighted by Gasteiger charge is -2.54. The number of ether oxygens (including phenoxy) is 4. The van der Waals surface area contributed by atoms with E-state index < -0.39 is 67.3 Å². The third-order valence-electron chi connectivity index (χ3n) is 13.6. The lowest BCUT2D eigenvalue weighted by molar-refractivity contribution is -0.315. The first kappa shape index (κ1) is 33.3. The van der Waals surface area contributed by atoms with Crippen LogP contribution in [0.5, 0.6) is 0 Å². The summed E-state index contributed by atoms with van der Waals surface area (Å²) < 4.78 is 24.5. The predicted molar refractivity (Wildman–Crippen MR) is 163 cm³/mol. The second-order valence-electron chi connectivity index (χ2n) is 16.0. The first-order chi connectivity index (χ1) is 21.7. The smallest absolute Gasteiger partial charge is 0.186 e. The van der Waals surface area contributed by atoms with Gasteiger partial charge in [-0.2, -0.15) is 0 Å². The molecular weight excluding hydrogens is 596 g/mol. The van der Waals surface area contributed by atoms with Gasteiger partial charge < -0.3 is 49.6 Å². The molecule has 16 atom stereocenters. The van der Waals surface area contributed by atoms with Crippen molar-refractivity contribution in [2.75, 3.05) is 6.61 Å². The quantitative estimate of drug-likeness (QED) is 0.246. The highest BCUT2D eigenvalue weighted by Crippen LogP contribution is 2.67. The van der Waals surface area contributed by atoms with Crippen LogP contribution in [0.2, 0.25) is 0 Å². The standard InChI is InChI=1S/C35H52O11/c1-15(2)35(42,16(3)37)30-29-24(31(41)46-30)25-22(44-29)13-21-19-7-6-17-12-18(8-10-33(17,4)20(19)9-11-34(21,25)5)43-32-28(40)27(39)26(38)23(14-36)45-32/h13,15,17-18,22-32,36,38-42H,6-12,14H2,1-5H3/t17-,18-,22-,23+,24-,25+,26+,27-,28+,29+,30-,31-,32+,33-,34-,35?/m0/s1. The number of Topliss-reactive ketones (excluding diaryl/α,β-unsaturated/α-hetero) is 1. The Bertz CT molecular complexity index is 1290. The van der Waals surface area contributed by atoms with E-state index in [1.165, 1.54) is 23.6 Å². The first-order valence-corrected chi connectivity index (χ1v) is 17.3. The summed E-state index contributed by atoms with van der Waals surface area (Å²) in [4.78, 5) is 12.7. The number of ketones is 1. The molecule has 0 amide bonds. The van der Waals surface area contributed by atoms with Crippen LogP contribution in [-0.4, -0.2) is 110 Å². The zero-order valence-electron chi connectivity index (χ0n) is 27.5. The van der Waals surface area contributed by atoms with E-state index in [-0.39, 0.29) is 40.7 Å². The summed E-state index contributed by atoms with van der Waals surface area (Å²) in [5.41, 5.74) is 2.27. The van der Waals surface area contributed by atoms with Crippen molar-refractivity contribution in [1.29, 1.82) is 0 Å². The molecule has 3 heterocycles. The fourth-order valence-electron chi connectivity index (χ4n) is 10.8. The van der Waals surface area contributed by atoms with Gasteiger partial charge in [0.1, 0.15) is 30.5 Å². The normalized spacial score (nSPS) is 51.1. The van der Waals surface area contributed by atoms with E-state index in [4.69, 9.17) is 18.9 Å². The summed E-state index contributed by atoms with van der Waals surface area (Å²) in [5.74, 6) is -0.773. The van der Waals surface area contributed by atoms with Gasteiger partial charge in [0.25, 0.3) is 0 Å². The summed E-state index contributed by atoms with van der Waals surface area (Å²) in [6.45, 7) is 9.13. The molecule has 0 spiro atoms. The predicted octanol–water partition coefficient (Wildman–Crippen LogP) is 1.50. The summed E-state index contributed by atoms with van der Waals surface area (Å²) >= 11 is 0. The summed E-state index contributed by atoms with van der Waals surface area (Å²) in [6, 6.07) is 0. The van der Waals surface area contributed by atoms with Gasteiger partial charge in [0.2, 0.25) is 0 Å². The van der Waals surface area contributed by atoms with E-state index in [1.807, 2.05) is 0 Å². The molecule has 11 nitrogen and oxygen atoms in total. The van der Waals surface area contributed by atoms with Crippen molar-refractivity contribution >= 4 is 5.78 Å². The number of allylic oxidation sites excluding steroid dienone is 3. The Morgan fingerprint density at radius 1 is 1.02 bits per heavy atom. The molecule has 7 aliphatic rings. The maximum absolute atomic E-state index is 12.7. The Kier molecular flexibility index (Phi) is 8.24. The van der Waals surface area contributed by atoms with Gasteiger partial charge in [-0.3, -0.25) is 4.79 Å². The lowest BCUT2D eigenvalue weighted by atomic mass is 9.51. The Labute approximate surface area is 270 Å². The Balaban J connectivity index is 1.10. The molecule has 4 aliphatic carbocycles. The zero-order valence-corrected chi connectivity index (χ0v) is 27.5. The van der Waals surface area contributed by atoms with Gasteiger partial charge in [-0.05, 0) is 85.7 Å². The maximum atomic E-state index is 12.7. The highest BCUT2D eigenvalue weighted by Gasteiger charge is 2.69. The number of rotatable bonds is 6. The molecule has 0 aromatic rings. The van der Waals surface area contributed by atoms with Gasteiger partial charge in [0.05, 0.1) is 24.9 Å². The Morgan fingerprint density at radius 3 is 2.43 bits per heavy atom. The van der Waals surface area contributed by atoms with Crippen LogP contribution in [0.4, 0.5) is 0 Å². The summed E-state index contributed by atoms with van der Waals surface area (Å²) in [5, 5.41) is 63.2. The van der Waals surface area contributed by atoms with Gasteiger partial charge in [-0.25, -0.2) is 0 Å². The molecule has 11 heteroatoms. The topological polar surface area (TPSA) is 175 Å². The van der Waals surface area contributed by atoms with Crippen molar-refractivity contribution in [3.05, 3.63) is 22.8 Å². The molecule has 0 aromatic carbocycles. The van der Waals surface area contributed by atoms with Crippen LogP contribution < -0.4 is 0 Å². The largest absolute Gasteiger partial charge is 0.394 e. The van der Waals surface area contributed by atoms with Gasteiger partial charge in [-0.1, -0.05) is 39.3 Å². The number of fused-ring (bicyclic) bond motifs is 8. The fraction of sp³-hybridized carbons (Fsp3) is 0.857. The molecule has 3 saturated heterocycles. The zero-order chi connectivity index (χ0) is 33.1. The average Bonchev–Trinajstić information content (AvgIpc) is 3.64. The van der Waals surface area contributed by atoms with Crippen molar-refractivity contribution in [2.45, 2.75) is 147 Å². The third-order valence-corrected chi connectivity index (χ3v) is 13.6. The van der Waals surface area contributed by atoms with E-state index in [9.17, 15) is 35.4 Å². The highest BCUT2D eigenvalue weighted by atomic mass is 16.7. The fourth-order valence-corrected chi connectivity index (χ4v) is 10.8. The van der Waals surface area contributed by atoms with Crippen LogP contribution in [0.1, 0.15) is 79.6 Å². The monoisotopic (exact) mass is 648 g/mol. The van der Waals surface area contributed by atoms with E-state index >= 15 is 0 Å². The molecule has 0 radical (unpaired) electrons. The first-order valence-electron chi connectivity index (χ1n) is 17.3. The van der Waals surface area contributed by atoms with Crippen LogP contribution in [0, 0.1) is 34.5 Å². The van der Waals surface area contributed by atoms with Crippen LogP contribution in [0.25, 0.3) is 0 Å². The van der Waals surface area contributed by atoms with Crippen molar-refractivity contribution < 1.29 is 54.4 Å². The number of hydrogen-bond donors (Lipinski definition) is 6. The molecule has 46 heavy (non-hydrogen) atoms. The van der Waals surface area contributed by atoms with Crippen molar-refractivity contribution in [3.8, 4) is 0 Å². The van der Waals surface area contributed by atoms with Gasteiger partial charge >= 0.3 is 0 Å². The van der Waals surface area contributed by atoms with Gasteiger partial charge in [-0.15, -0.1) is 0 Å². The molecular formula is C35H52O11. The molecule has 6 N–H and O–H groups in total. The lowest BCUT2D eigenvalue weighted by Crippen LogP contribution is -2.60. The molecule has 258 valence electrons. The average molecular weight is 649 g/mol. The van der Waals surface area contributed by atoms with E-state index in [0.717, 1.165) is 44.9 Å². The second kappa shape index (κ2) is 11.4. The van der Waals surface area contributed by atoms with Crippen molar-refractivity contribution in [2.24, 2.45) is 34.5 Å². The van der Waals surface area contributed by atoms with Crippen molar-refractivity contribution in [3.63, 3.8) is 0 Å². The van der Waals surface area contributed by atoms with Crippen molar-refractivity contribution in [1.82, 2.24) is 0 Å². The van der Waals surface area contributed by atoms with Gasteiger partial charge in [0, 0.05) is 11.8 Å². The second-order valence-corrected chi connectivity index (χ2v) is 16.0. The molecule has 0 aromatic heterocycles. The molecule has 0 bridgehead atoms. The van der Waals surface area contributed by atoms with E-state index in [1.54, 1.807) is 13.8 Å². The van der Waals surface area contributed by atoms with Crippen LogP contribution in [-0.2, 0) is 23.7 Å². The molecule has 4 fully saturated rings. The van der Waals surface area contributed by atoms with Crippen LogP contribution in [0.3, 0.4) is 0 Å². The number of aliphatic hydroxyl groups is 6. The number of hydrogen-bond acceptors (Lipinski definition) is 11. The van der Waals surface area contributed by atoms with Crippen LogP contribution >= 0.6 is 0 Å². The van der Waals surface area contributed by atoms with Crippen LogP contribution in [0.15, 0.2) is 22.8 Å². The SMILES string of the molecule is CC(=O)C(O)(C(C)C)[C@H]1O[C@H](O)[C@@H]2[C@H]1O[C@H]1C=C3C4=C(CC[C@]3(C)[C@@H]21)[C@@]1(C)CC[C@H](O[C@@H]2O[C@H](CO)[C@@H](O)[C@H](O)[C@H]2O)C[C@@H]1CC4. The summed E-state index contributed by atoms with van der Waals surface area (Å²) in [7, 11) is 0. The minimum Gasteiger partial charge on any atom is -0.394 e.